The molecule has 0 atom stereocenters. The van der Waals surface area contributed by atoms with Gasteiger partial charge < -0.3 is 10.2 Å². The second kappa shape index (κ2) is 3.99. The summed E-state index contributed by atoms with van der Waals surface area (Å²) >= 11 is 1.46. The van der Waals surface area contributed by atoms with E-state index in [2.05, 4.69) is 4.98 Å². The van der Waals surface area contributed by atoms with E-state index in [1.807, 2.05) is 25.1 Å². The summed E-state index contributed by atoms with van der Waals surface area (Å²) in [6.45, 7) is 2.01. The molecule has 1 aromatic heterocycles. The quantitative estimate of drug-likeness (QED) is 0.699. The molecule has 0 fully saturated rings. The number of aromatic hydroxyl groups is 2. The van der Waals surface area contributed by atoms with Crippen LogP contribution in [0.3, 0.4) is 0 Å². The number of phenolic OH excluding ortho intramolecular Hbond substituents is 2. The predicted molar refractivity (Wildman–Crippen MR) is 73.1 cm³/mol. The van der Waals surface area contributed by atoms with Crippen LogP contribution < -0.4 is 0 Å². The molecule has 0 radical (unpaired) electrons. The van der Waals surface area contributed by atoms with E-state index in [0.29, 0.717) is 10.6 Å². The predicted octanol–water partition coefficient (Wildman–Crippen LogP) is 3.68. The van der Waals surface area contributed by atoms with Crippen LogP contribution in [0.5, 0.6) is 11.5 Å². The molecule has 0 saturated heterocycles. The molecule has 1 heterocycles. The summed E-state index contributed by atoms with van der Waals surface area (Å²) in [6, 6.07) is 10.7. The Balaban J connectivity index is 2.26. The number of nitrogens with zero attached hydrogens (tertiary/aromatic N) is 1. The van der Waals surface area contributed by atoms with Crippen molar-refractivity contribution in [2.75, 3.05) is 0 Å². The Kier molecular flexibility index (Phi) is 2.45. The van der Waals surface area contributed by atoms with Gasteiger partial charge in [-0.2, -0.15) is 0 Å². The van der Waals surface area contributed by atoms with Gasteiger partial charge in [-0.05, 0) is 36.8 Å². The minimum Gasteiger partial charge on any atom is -0.507 e. The molecule has 3 nitrogen and oxygen atoms in total. The van der Waals surface area contributed by atoms with Crippen LogP contribution in [0.2, 0.25) is 0 Å². The molecule has 2 aromatic carbocycles. The second-order valence-electron chi connectivity index (χ2n) is 4.16. The maximum Gasteiger partial charge on any atom is 0.132 e. The maximum absolute atomic E-state index is 9.83. The summed E-state index contributed by atoms with van der Waals surface area (Å²) < 4.78 is 1.04. The second-order valence-corrected chi connectivity index (χ2v) is 5.19. The van der Waals surface area contributed by atoms with Crippen LogP contribution in [-0.2, 0) is 0 Å². The van der Waals surface area contributed by atoms with Crippen molar-refractivity contribution in [3.8, 4) is 22.1 Å². The Labute approximate surface area is 108 Å². The third-order valence-electron chi connectivity index (χ3n) is 2.78. The van der Waals surface area contributed by atoms with Crippen LogP contribution in [0.1, 0.15) is 5.56 Å². The summed E-state index contributed by atoms with van der Waals surface area (Å²) in [5.74, 6) is 0.0940. The van der Waals surface area contributed by atoms with E-state index in [4.69, 9.17) is 0 Å². The molecule has 0 saturated carbocycles. The lowest BCUT2D eigenvalue weighted by Crippen LogP contribution is -1.79. The molecule has 3 rings (SSSR count). The minimum atomic E-state index is 0.0470. The zero-order valence-electron chi connectivity index (χ0n) is 9.71. The summed E-state index contributed by atoms with van der Waals surface area (Å²) in [4.78, 5) is 4.46. The van der Waals surface area contributed by atoms with Crippen LogP contribution >= 0.6 is 11.3 Å². The molecule has 18 heavy (non-hydrogen) atoms. The number of phenols is 2. The molecular weight excluding hydrogens is 246 g/mol. The zero-order chi connectivity index (χ0) is 12.7. The van der Waals surface area contributed by atoms with Gasteiger partial charge in [-0.15, -0.1) is 11.3 Å². The summed E-state index contributed by atoms with van der Waals surface area (Å²) in [5, 5.41) is 20.3. The van der Waals surface area contributed by atoms with Gasteiger partial charge in [0.1, 0.15) is 16.5 Å². The van der Waals surface area contributed by atoms with Gasteiger partial charge in [0, 0.05) is 0 Å². The fourth-order valence-electron chi connectivity index (χ4n) is 1.89. The van der Waals surface area contributed by atoms with Crippen LogP contribution in [0.4, 0.5) is 0 Å². The maximum atomic E-state index is 9.83. The fourth-order valence-corrected chi connectivity index (χ4v) is 2.90. The summed E-state index contributed by atoms with van der Waals surface area (Å²) in [7, 11) is 0. The first-order chi connectivity index (χ1) is 8.65. The molecule has 0 aliphatic carbocycles. The summed E-state index contributed by atoms with van der Waals surface area (Å²) in [5.41, 5.74) is 2.43. The van der Waals surface area contributed by atoms with E-state index >= 15 is 0 Å². The van der Waals surface area contributed by atoms with Gasteiger partial charge in [0.25, 0.3) is 0 Å². The van der Waals surface area contributed by atoms with E-state index in [0.717, 1.165) is 15.8 Å². The third kappa shape index (κ3) is 1.71. The first-order valence-corrected chi connectivity index (χ1v) is 6.35. The van der Waals surface area contributed by atoms with Gasteiger partial charge in [0.15, 0.2) is 0 Å². The molecular formula is C14H11NO2S. The fraction of sp³-hybridized carbons (Fsp3) is 0.0714. The van der Waals surface area contributed by atoms with Crippen molar-refractivity contribution in [2.24, 2.45) is 0 Å². The molecule has 0 spiro atoms. The Morgan fingerprint density at radius 3 is 2.50 bits per heavy atom. The van der Waals surface area contributed by atoms with Crippen LogP contribution in [0.15, 0.2) is 36.4 Å². The van der Waals surface area contributed by atoms with E-state index in [-0.39, 0.29) is 11.5 Å². The molecule has 0 unspecified atom stereocenters. The van der Waals surface area contributed by atoms with Crippen molar-refractivity contribution >= 4 is 21.6 Å². The van der Waals surface area contributed by atoms with Crippen molar-refractivity contribution in [3.05, 3.63) is 42.0 Å². The third-order valence-corrected chi connectivity index (χ3v) is 3.83. The van der Waals surface area contributed by atoms with E-state index in [1.165, 1.54) is 11.3 Å². The normalized spacial score (nSPS) is 10.9. The molecule has 0 aliphatic heterocycles. The van der Waals surface area contributed by atoms with Crippen molar-refractivity contribution in [2.45, 2.75) is 6.92 Å². The molecule has 2 N–H and O–H groups in total. The van der Waals surface area contributed by atoms with E-state index in [1.54, 1.807) is 18.2 Å². The minimum absolute atomic E-state index is 0.0470. The van der Waals surface area contributed by atoms with Crippen molar-refractivity contribution in [3.63, 3.8) is 0 Å². The number of thiazole rings is 1. The number of hydrogen-bond acceptors (Lipinski definition) is 4. The molecule has 3 aromatic rings. The number of rotatable bonds is 1. The molecule has 90 valence electrons. The smallest absolute Gasteiger partial charge is 0.132 e. The average molecular weight is 257 g/mol. The average Bonchev–Trinajstić information content (AvgIpc) is 2.71. The number of aryl methyl sites for hydroxylation is 1. The zero-order valence-corrected chi connectivity index (χ0v) is 10.5. The van der Waals surface area contributed by atoms with Crippen molar-refractivity contribution in [1.29, 1.82) is 0 Å². The van der Waals surface area contributed by atoms with Crippen molar-refractivity contribution in [1.82, 2.24) is 4.98 Å². The van der Waals surface area contributed by atoms with Gasteiger partial charge in [-0.3, -0.25) is 0 Å². The SMILES string of the molecule is Cc1ccc2sc(-c3c(O)cccc3O)nc2c1. The monoisotopic (exact) mass is 257 g/mol. The number of fused-ring (bicyclic) bond motifs is 1. The highest BCUT2D eigenvalue weighted by atomic mass is 32.1. The van der Waals surface area contributed by atoms with Crippen LogP contribution in [-0.4, -0.2) is 15.2 Å². The van der Waals surface area contributed by atoms with Gasteiger partial charge in [-0.1, -0.05) is 12.1 Å². The first-order valence-electron chi connectivity index (χ1n) is 5.53. The lowest BCUT2D eigenvalue weighted by Gasteiger charge is -2.02. The standard InChI is InChI=1S/C14H11NO2S/c1-8-5-6-12-9(7-8)15-14(18-12)13-10(16)3-2-4-11(13)17/h2-7,16-17H,1H3. The van der Waals surface area contributed by atoms with Gasteiger partial charge in [0.2, 0.25) is 0 Å². The Morgan fingerprint density at radius 1 is 1.06 bits per heavy atom. The topological polar surface area (TPSA) is 53.4 Å². The highest BCUT2D eigenvalue weighted by Gasteiger charge is 2.14. The molecule has 0 amide bonds. The molecule has 4 heteroatoms. The van der Waals surface area contributed by atoms with E-state index < -0.39 is 0 Å². The highest BCUT2D eigenvalue weighted by Crippen LogP contribution is 2.40. The lowest BCUT2D eigenvalue weighted by atomic mass is 10.2. The Morgan fingerprint density at radius 2 is 1.78 bits per heavy atom. The highest BCUT2D eigenvalue weighted by molar-refractivity contribution is 7.21. The first kappa shape index (κ1) is 11.0. The molecule has 0 bridgehead atoms. The Hall–Kier alpha value is -2.07. The van der Waals surface area contributed by atoms with Gasteiger partial charge >= 0.3 is 0 Å². The Bertz CT molecular complexity index is 713. The van der Waals surface area contributed by atoms with Crippen molar-refractivity contribution < 1.29 is 10.2 Å². The van der Waals surface area contributed by atoms with Gasteiger partial charge in [0.05, 0.1) is 15.8 Å². The lowest BCUT2D eigenvalue weighted by molar-refractivity contribution is 0.454. The summed E-state index contributed by atoms with van der Waals surface area (Å²) in [6.07, 6.45) is 0. The number of benzene rings is 2. The van der Waals surface area contributed by atoms with Gasteiger partial charge in [-0.25, -0.2) is 4.98 Å². The largest absolute Gasteiger partial charge is 0.507 e. The molecule has 0 aliphatic rings. The van der Waals surface area contributed by atoms with E-state index in [9.17, 15) is 10.2 Å². The number of hydrogen-bond donors (Lipinski definition) is 2. The van der Waals surface area contributed by atoms with Crippen LogP contribution in [0.25, 0.3) is 20.8 Å². The number of aromatic nitrogens is 1. The van der Waals surface area contributed by atoms with Crippen LogP contribution in [0, 0.1) is 6.92 Å².